The lowest BCUT2D eigenvalue weighted by molar-refractivity contribution is 0.452. The van der Waals surface area contributed by atoms with Crippen LogP contribution in [0.5, 0.6) is 0 Å². The van der Waals surface area contributed by atoms with Gasteiger partial charge in [-0.05, 0) is 35.0 Å². The SMILES string of the molecule is Cc1sc(-c2ccoc2S(N)(=O)=O)cc1Br. The Balaban J connectivity index is 2.62. The number of rotatable bonds is 2. The molecule has 2 rings (SSSR count). The molecular formula is C9H8BrNO3S2. The first-order chi connectivity index (χ1) is 7.39. The number of aryl methyl sites for hydroxylation is 1. The Kier molecular flexibility index (Phi) is 2.95. The molecule has 0 spiro atoms. The van der Waals surface area contributed by atoms with Gasteiger partial charge in [-0.2, -0.15) is 0 Å². The second kappa shape index (κ2) is 3.99. The first kappa shape index (κ1) is 11.8. The van der Waals surface area contributed by atoms with Gasteiger partial charge in [-0.3, -0.25) is 0 Å². The second-order valence-electron chi connectivity index (χ2n) is 3.18. The van der Waals surface area contributed by atoms with Gasteiger partial charge in [0.15, 0.2) is 0 Å². The Hall–Kier alpha value is -0.630. The minimum Gasteiger partial charge on any atom is -0.451 e. The van der Waals surface area contributed by atoms with Gasteiger partial charge >= 0.3 is 0 Å². The molecule has 7 heteroatoms. The van der Waals surface area contributed by atoms with E-state index in [0.29, 0.717) is 5.56 Å². The Morgan fingerprint density at radius 2 is 2.19 bits per heavy atom. The predicted octanol–water partition coefficient (Wildman–Crippen LogP) is 2.73. The van der Waals surface area contributed by atoms with Gasteiger partial charge in [0.2, 0.25) is 5.09 Å². The molecule has 0 radical (unpaired) electrons. The summed E-state index contributed by atoms with van der Waals surface area (Å²) in [5.74, 6) is 0. The van der Waals surface area contributed by atoms with Gasteiger partial charge in [-0.1, -0.05) is 0 Å². The highest BCUT2D eigenvalue weighted by molar-refractivity contribution is 9.10. The van der Waals surface area contributed by atoms with E-state index in [4.69, 9.17) is 9.56 Å². The maximum atomic E-state index is 11.3. The number of furan rings is 1. The third-order valence-electron chi connectivity index (χ3n) is 2.01. The number of thiophene rings is 1. The quantitative estimate of drug-likeness (QED) is 0.924. The number of halogens is 1. The van der Waals surface area contributed by atoms with Crippen LogP contribution in [-0.2, 0) is 10.0 Å². The fourth-order valence-electron chi connectivity index (χ4n) is 1.29. The molecule has 86 valence electrons. The van der Waals surface area contributed by atoms with Crippen LogP contribution in [0.2, 0.25) is 0 Å². The highest BCUT2D eigenvalue weighted by Crippen LogP contribution is 2.37. The van der Waals surface area contributed by atoms with E-state index in [2.05, 4.69) is 15.9 Å². The van der Waals surface area contributed by atoms with Crippen molar-refractivity contribution in [1.29, 1.82) is 0 Å². The van der Waals surface area contributed by atoms with Gasteiger partial charge in [0.1, 0.15) is 0 Å². The second-order valence-corrected chi connectivity index (χ2v) is 6.75. The summed E-state index contributed by atoms with van der Waals surface area (Å²) in [7, 11) is -3.82. The molecule has 4 nitrogen and oxygen atoms in total. The van der Waals surface area contributed by atoms with Crippen molar-refractivity contribution in [3.8, 4) is 10.4 Å². The van der Waals surface area contributed by atoms with E-state index in [9.17, 15) is 8.42 Å². The molecule has 2 heterocycles. The van der Waals surface area contributed by atoms with Crippen molar-refractivity contribution in [2.75, 3.05) is 0 Å². The fraction of sp³-hybridized carbons (Fsp3) is 0.111. The molecule has 2 aromatic heterocycles. The summed E-state index contributed by atoms with van der Waals surface area (Å²) in [6, 6.07) is 3.44. The van der Waals surface area contributed by atoms with Crippen molar-refractivity contribution in [2.45, 2.75) is 12.0 Å². The highest BCUT2D eigenvalue weighted by Gasteiger charge is 2.20. The summed E-state index contributed by atoms with van der Waals surface area (Å²) in [4.78, 5) is 1.87. The molecule has 0 aliphatic rings. The van der Waals surface area contributed by atoms with Crippen LogP contribution >= 0.6 is 27.3 Å². The molecule has 0 atom stereocenters. The Morgan fingerprint density at radius 3 is 2.69 bits per heavy atom. The van der Waals surface area contributed by atoms with Crippen molar-refractivity contribution >= 4 is 37.3 Å². The van der Waals surface area contributed by atoms with Gasteiger partial charge in [0.25, 0.3) is 10.0 Å². The molecule has 0 fully saturated rings. The molecule has 2 N–H and O–H groups in total. The average Bonchev–Trinajstić information content (AvgIpc) is 2.72. The molecule has 0 saturated heterocycles. The summed E-state index contributed by atoms with van der Waals surface area (Å²) >= 11 is 4.85. The number of hydrogen-bond acceptors (Lipinski definition) is 4. The Bertz CT molecular complexity index is 607. The van der Waals surface area contributed by atoms with Crippen molar-refractivity contribution in [1.82, 2.24) is 0 Å². The molecule has 0 aliphatic heterocycles. The minimum absolute atomic E-state index is 0.193. The van der Waals surface area contributed by atoms with Crippen molar-refractivity contribution in [3.05, 3.63) is 27.7 Å². The van der Waals surface area contributed by atoms with Crippen LogP contribution in [0.15, 0.2) is 32.4 Å². The van der Waals surface area contributed by atoms with Crippen molar-refractivity contribution in [2.24, 2.45) is 5.14 Å². The molecule has 0 unspecified atom stereocenters. The highest BCUT2D eigenvalue weighted by atomic mass is 79.9. The van der Waals surface area contributed by atoms with Crippen molar-refractivity contribution < 1.29 is 12.8 Å². The number of hydrogen-bond donors (Lipinski definition) is 1. The average molecular weight is 322 g/mol. The standard InChI is InChI=1S/C9H8BrNO3S2/c1-5-7(10)4-8(15-5)6-2-3-14-9(6)16(11,12)13/h2-4H,1H3,(H2,11,12,13). The lowest BCUT2D eigenvalue weighted by Gasteiger charge is -1.96. The van der Waals surface area contributed by atoms with E-state index in [-0.39, 0.29) is 5.09 Å². The summed E-state index contributed by atoms with van der Waals surface area (Å²) in [6.45, 7) is 1.94. The third kappa shape index (κ3) is 2.08. The van der Waals surface area contributed by atoms with E-state index in [1.807, 2.05) is 13.0 Å². The van der Waals surface area contributed by atoms with E-state index in [0.717, 1.165) is 14.2 Å². The minimum atomic E-state index is -3.82. The molecule has 0 saturated carbocycles. The van der Waals surface area contributed by atoms with Crippen LogP contribution in [0.1, 0.15) is 4.88 Å². The third-order valence-corrected chi connectivity index (χ3v) is 5.01. The number of primary sulfonamides is 1. The van der Waals surface area contributed by atoms with E-state index in [1.165, 1.54) is 17.6 Å². The molecule has 2 aromatic rings. The molecule has 0 aromatic carbocycles. The first-order valence-corrected chi connectivity index (χ1v) is 7.42. The maximum absolute atomic E-state index is 11.3. The summed E-state index contributed by atoms with van der Waals surface area (Å²) < 4.78 is 28.4. The monoisotopic (exact) mass is 321 g/mol. The van der Waals surface area contributed by atoms with Gasteiger partial charge < -0.3 is 4.42 Å². The van der Waals surface area contributed by atoms with Crippen LogP contribution in [0, 0.1) is 6.92 Å². The van der Waals surface area contributed by atoms with E-state index in [1.54, 1.807) is 6.07 Å². The van der Waals surface area contributed by atoms with E-state index < -0.39 is 10.0 Å². The zero-order valence-corrected chi connectivity index (χ0v) is 11.4. The fourth-order valence-corrected chi connectivity index (χ4v) is 3.59. The van der Waals surface area contributed by atoms with Crippen LogP contribution in [0.3, 0.4) is 0 Å². The van der Waals surface area contributed by atoms with Crippen LogP contribution in [-0.4, -0.2) is 8.42 Å². The first-order valence-electron chi connectivity index (χ1n) is 4.26. The zero-order chi connectivity index (χ0) is 11.9. The predicted molar refractivity (Wildman–Crippen MR) is 65.8 cm³/mol. The zero-order valence-electron chi connectivity index (χ0n) is 8.23. The molecule has 0 bridgehead atoms. The van der Waals surface area contributed by atoms with Crippen LogP contribution in [0.25, 0.3) is 10.4 Å². The topological polar surface area (TPSA) is 73.3 Å². The normalized spacial score (nSPS) is 11.9. The maximum Gasteiger partial charge on any atom is 0.272 e. The smallest absolute Gasteiger partial charge is 0.272 e. The van der Waals surface area contributed by atoms with Crippen LogP contribution in [0.4, 0.5) is 0 Å². The van der Waals surface area contributed by atoms with Gasteiger partial charge in [-0.15, -0.1) is 11.3 Å². The van der Waals surface area contributed by atoms with E-state index >= 15 is 0 Å². The molecule has 16 heavy (non-hydrogen) atoms. The lowest BCUT2D eigenvalue weighted by Crippen LogP contribution is -2.11. The van der Waals surface area contributed by atoms with Gasteiger partial charge in [-0.25, -0.2) is 13.6 Å². The Labute approximate surface area is 105 Å². The van der Waals surface area contributed by atoms with Crippen LogP contribution < -0.4 is 5.14 Å². The van der Waals surface area contributed by atoms with Gasteiger partial charge in [0, 0.05) is 14.2 Å². The molecule has 0 aliphatic carbocycles. The van der Waals surface area contributed by atoms with Gasteiger partial charge in [0.05, 0.1) is 11.8 Å². The summed E-state index contributed by atoms with van der Waals surface area (Å²) in [5, 5.41) is 4.86. The Morgan fingerprint density at radius 1 is 1.50 bits per heavy atom. The summed E-state index contributed by atoms with van der Waals surface area (Å²) in [5.41, 5.74) is 0.501. The molecule has 0 amide bonds. The number of nitrogens with two attached hydrogens (primary N) is 1. The summed E-state index contributed by atoms with van der Waals surface area (Å²) in [6.07, 6.45) is 1.32. The number of sulfonamides is 1. The largest absolute Gasteiger partial charge is 0.451 e. The molecular weight excluding hydrogens is 314 g/mol. The van der Waals surface area contributed by atoms with Crippen molar-refractivity contribution in [3.63, 3.8) is 0 Å². The lowest BCUT2D eigenvalue weighted by atomic mass is 10.3.